The van der Waals surface area contributed by atoms with Crippen LogP contribution in [0.3, 0.4) is 0 Å². The van der Waals surface area contributed by atoms with Gasteiger partial charge in [-0.2, -0.15) is 0 Å². The first kappa shape index (κ1) is 50.0. The number of guanidine groups is 1. The van der Waals surface area contributed by atoms with E-state index in [4.69, 9.17) is 11.1 Å². The van der Waals surface area contributed by atoms with E-state index in [9.17, 15) is 50.4 Å². The second kappa shape index (κ2) is 22.1. The van der Waals surface area contributed by atoms with E-state index in [0.717, 1.165) is 30.5 Å². The molecule has 0 spiro atoms. The lowest BCUT2D eigenvalue weighted by molar-refractivity contribution is -0.118. The molecule has 3 fully saturated rings. The highest BCUT2D eigenvalue weighted by molar-refractivity contribution is 6.25. The minimum Gasteiger partial charge on any atom is -0.511 e. The summed E-state index contributed by atoms with van der Waals surface area (Å²) in [5.41, 5.74) is 6.61. The number of Topliss-reactive ketones (excluding diaryl/α,β-unsaturated/α-hetero) is 1. The van der Waals surface area contributed by atoms with Crippen molar-refractivity contribution in [3.63, 3.8) is 0 Å². The number of allylic oxidation sites excluding steroid dienone is 2. The molecule has 0 aromatic heterocycles. The first-order chi connectivity index (χ1) is 28.7. The van der Waals surface area contributed by atoms with Gasteiger partial charge in [-0.05, 0) is 114 Å². The van der Waals surface area contributed by atoms with E-state index in [0.29, 0.717) is 44.1 Å². The lowest BCUT2D eigenvalue weighted by Crippen LogP contribution is -2.53. The van der Waals surface area contributed by atoms with Crippen molar-refractivity contribution < 1.29 is 50.4 Å². The van der Waals surface area contributed by atoms with Crippen molar-refractivity contribution in [1.82, 2.24) is 10.2 Å². The molecule has 2 heterocycles. The summed E-state index contributed by atoms with van der Waals surface area (Å²) in [4.78, 5) is 27.3. The Bertz CT molecular complexity index is 1720. The third kappa shape index (κ3) is 12.3. The van der Waals surface area contributed by atoms with Crippen molar-refractivity contribution in [2.45, 2.75) is 155 Å². The van der Waals surface area contributed by atoms with Crippen molar-refractivity contribution >= 4 is 17.6 Å². The van der Waals surface area contributed by atoms with Crippen LogP contribution in [0.25, 0.3) is 0 Å². The normalized spacial score (nSPS) is 32.0. The van der Waals surface area contributed by atoms with Crippen LogP contribution in [0.1, 0.15) is 106 Å². The number of hydrogen-bond donors (Lipinski definition) is 11. The Hall–Kier alpha value is -3.63. The molecule has 2 aliphatic heterocycles. The van der Waals surface area contributed by atoms with Gasteiger partial charge in [-0.1, -0.05) is 68.9 Å². The van der Waals surface area contributed by atoms with Gasteiger partial charge in [0.25, 0.3) is 5.91 Å². The van der Waals surface area contributed by atoms with Crippen LogP contribution in [-0.4, -0.2) is 125 Å². The second-order valence-corrected chi connectivity index (χ2v) is 18.5. The van der Waals surface area contributed by atoms with Gasteiger partial charge >= 0.3 is 0 Å². The molecular weight excluding hydrogens is 781 g/mol. The monoisotopic (exact) mass is 855 g/mol. The number of aliphatic hydroxyl groups excluding tert-OH is 8. The number of rotatable bonds is 19. The van der Waals surface area contributed by atoms with Gasteiger partial charge in [-0.15, -0.1) is 0 Å². The standard InChI is InChI=1S/C47H74N4O10/c1-26(37(54)10-7-11-38(55)27(2)13-18-33(53)24-31-9-8-22-51(31)46(48)49)12-16-32(52)17-14-28(3)42(58)29(4)15-19-35-30(5)23-34-36(20-21-39(56)43(34)59)47(35,6)44(60)41-40(57)25-50-45(41)61/h7,10,12-14,16,23,26,29,31-39,42-43,52-56,58-60H,8-9,11,15,17-22,24-25H2,1-6H3,(H3,48,49)(H,50,61)/b10-7+,16-12+,27-13+,28-14+,44-41?/t26-,29-,31-,32+,33+,34-,35+,36-,37+,38-,39+,42+,43-,47+/m0/s1. The number of nitrogens with one attached hydrogen (secondary N) is 2. The molecule has 4 aliphatic rings. The van der Waals surface area contributed by atoms with E-state index < -0.39 is 65.8 Å². The highest BCUT2D eigenvalue weighted by Crippen LogP contribution is 2.58. The lowest BCUT2D eigenvalue weighted by atomic mass is 9.51. The molecule has 12 N–H and O–H groups in total. The average Bonchev–Trinajstić information content (AvgIpc) is 3.83. The maximum absolute atomic E-state index is 12.8. The zero-order chi connectivity index (χ0) is 45.3. The van der Waals surface area contributed by atoms with E-state index in [2.05, 4.69) is 5.32 Å². The summed E-state index contributed by atoms with van der Waals surface area (Å²) < 4.78 is 0. The van der Waals surface area contributed by atoms with Crippen LogP contribution in [-0.2, 0) is 9.59 Å². The van der Waals surface area contributed by atoms with Crippen molar-refractivity contribution in [3.8, 4) is 0 Å². The number of nitrogens with zero attached hydrogens (tertiary/aromatic N) is 1. The molecule has 14 heteroatoms. The number of amides is 1. The Morgan fingerprint density at radius 2 is 1.69 bits per heavy atom. The fourth-order valence-corrected chi connectivity index (χ4v) is 10.0. The molecule has 14 nitrogen and oxygen atoms in total. The number of nitrogens with two attached hydrogens (primary N) is 1. The fraction of sp³-hybridized carbons (Fsp3) is 0.681. The average molecular weight is 855 g/mol. The number of likely N-dealkylation sites (tertiary alicyclic amines) is 1. The van der Waals surface area contributed by atoms with Gasteiger partial charge in [0.1, 0.15) is 11.3 Å². The number of fused-ring (bicyclic) bond motifs is 1. The maximum Gasteiger partial charge on any atom is 0.258 e. The Kier molecular flexibility index (Phi) is 18.1. The summed E-state index contributed by atoms with van der Waals surface area (Å²) in [7, 11) is 0. The van der Waals surface area contributed by atoms with Crippen LogP contribution in [0, 0.1) is 40.4 Å². The summed E-state index contributed by atoms with van der Waals surface area (Å²) in [6, 6.07) is 0.0491. The zero-order valence-corrected chi connectivity index (χ0v) is 37.0. The van der Waals surface area contributed by atoms with Crippen LogP contribution < -0.4 is 11.1 Å². The molecule has 0 bridgehead atoms. The van der Waals surface area contributed by atoms with Crippen molar-refractivity contribution in [2.75, 3.05) is 13.1 Å². The van der Waals surface area contributed by atoms with Crippen LogP contribution in [0.4, 0.5) is 0 Å². The predicted molar refractivity (Wildman–Crippen MR) is 235 cm³/mol. The number of aliphatic hydroxyl groups is 8. The molecule has 1 amide bonds. The molecule has 4 rings (SSSR count). The van der Waals surface area contributed by atoms with Gasteiger partial charge < -0.3 is 56.8 Å². The minimum absolute atomic E-state index is 0.0283. The molecule has 0 unspecified atom stereocenters. The molecule has 0 aromatic carbocycles. The third-order valence-corrected chi connectivity index (χ3v) is 14.1. The predicted octanol–water partition coefficient (Wildman–Crippen LogP) is 3.61. The molecule has 1 saturated carbocycles. The molecule has 342 valence electrons. The Morgan fingerprint density at radius 1 is 1.00 bits per heavy atom. The first-order valence-electron chi connectivity index (χ1n) is 22.2. The van der Waals surface area contributed by atoms with E-state index in [1.54, 1.807) is 44.2 Å². The Morgan fingerprint density at radius 3 is 2.34 bits per heavy atom. The van der Waals surface area contributed by atoms with Gasteiger partial charge in [0, 0.05) is 29.8 Å². The van der Waals surface area contributed by atoms with Crippen molar-refractivity contribution in [3.05, 3.63) is 70.6 Å². The largest absolute Gasteiger partial charge is 0.511 e. The van der Waals surface area contributed by atoms with Gasteiger partial charge in [0.2, 0.25) is 0 Å². The summed E-state index contributed by atoms with van der Waals surface area (Å²) in [5, 5.41) is 97.4. The number of hydrogen-bond acceptors (Lipinski definition) is 11. The van der Waals surface area contributed by atoms with E-state index in [1.807, 2.05) is 44.7 Å². The van der Waals surface area contributed by atoms with Crippen LogP contribution in [0.2, 0.25) is 0 Å². The highest BCUT2D eigenvalue weighted by Gasteiger charge is 2.56. The number of carbonyl (C=O) groups is 2. The Balaban J connectivity index is 1.28. The number of ketones is 1. The van der Waals surface area contributed by atoms with Crippen molar-refractivity contribution in [1.29, 1.82) is 5.41 Å². The van der Waals surface area contributed by atoms with Gasteiger partial charge in [0.05, 0.1) is 49.3 Å². The maximum atomic E-state index is 12.8. The summed E-state index contributed by atoms with van der Waals surface area (Å²) in [6.45, 7) is 11.6. The molecule has 2 saturated heterocycles. The lowest BCUT2D eigenvalue weighted by Gasteiger charge is -2.54. The zero-order valence-electron chi connectivity index (χ0n) is 37.0. The van der Waals surface area contributed by atoms with Gasteiger partial charge in [-0.3, -0.25) is 15.0 Å². The van der Waals surface area contributed by atoms with Crippen LogP contribution in [0.15, 0.2) is 70.6 Å². The van der Waals surface area contributed by atoms with E-state index in [1.165, 1.54) is 0 Å². The quantitative estimate of drug-likeness (QED) is 0.0223. The molecule has 2 aliphatic carbocycles. The minimum atomic E-state index is -1.08. The molecule has 0 aromatic rings. The third-order valence-electron chi connectivity index (χ3n) is 14.1. The summed E-state index contributed by atoms with van der Waals surface area (Å²) >= 11 is 0. The number of carbonyl (C=O) groups excluding carboxylic acids is 2. The summed E-state index contributed by atoms with van der Waals surface area (Å²) in [5.74, 6) is -3.02. The highest BCUT2D eigenvalue weighted by atomic mass is 16.3. The second-order valence-electron chi connectivity index (χ2n) is 18.5. The summed E-state index contributed by atoms with van der Waals surface area (Å²) in [6.07, 6.45) is 11.4. The smallest absolute Gasteiger partial charge is 0.258 e. The molecular formula is C47H74N4O10. The van der Waals surface area contributed by atoms with Crippen LogP contribution in [0.5, 0.6) is 0 Å². The van der Waals surface area contributed by atoms with Gasteiger partial charge in [0.15, 0.2) is 11.7 Å². The van der Waals surface area contributed by atoms with E-state index in [-0.39, 0.29) is 66.4 Å². The molecule has 0 radical (unpaired) electrons. The first-order valence-corrected chi connectivity index (χ1v) is 22.2. The van der Waals surface area contributed by atoms with Crippen LogP contribution >= 0.6 is 0 Å². The topological polar surface area (TPSA) is 261 Å². The Labute approximate surface area is 361 Å². The molecule has 61 heavy (non-hydrogen) atoms. The fourth-order valence-electron chi connectivity index (χ4n) is 10.0. The molecule has 14 atom stereocenters. The SMILES string of the molecule is CC1=C[C@@H]2[C@H](O)[C@H](O)CC[C@@H]2[C@](C)(C(O)=C2C(=O)CNC2=O)[C@@H]1CC[C@H](C)[C@H](O)/C(C)=C/C[C@H](O)/C=C/[C@H](C)[C@H](O)/C=C/C[C@H](O)/C(C)=C/C[C@@H](O)C[C@@H]1CCCN1C(=N)N. The van der Waals surface area contributed by atoms with Gasteiger partial charge in [-0.25, -0.2) is 0 Å². The van der Waals surface area contributed by atoms with Crippen molar-refractivity contribution in [2.24, 2.45) is 40.7 Å². The van der Waals surface area contributed by atoms with E-state index >= 15 is 0 Å².